The summed E-state index contributed by atoms with van der Waals surface area (Å²) in [6, 6.07) is 6.75. The number of carbonyl (C=O) groups excluding carboxylic acids is 1. The number of hydrogen-bond acceptors (Lipinski definition) is 8. The molecular formula is C20H25N3O5. The Hall–Kier alpha value is -3.16. The lowest BCUT2D eigenvalue weighted by atomic mass is 9.83. The molecule has 1 heterocycles. The van der Waals surface area contributed by atoms with E-state index in [2.05, 4.69) is 15.1 Å². The van der Waals surface area contributed by atoms with Crippen LogP contribution in [0.5, 0.6) is 23.5 Å². The van der Waals surface area contributed by atoms with E-state index in [4.69, 9.17) is 19.0 Å². The highest BCUT2D eigenvalue weighted by molar-refractivity contribution is 6.13. The Balaban J connectivity index is 2.63. The monoisotopic (exact) mass is 387 g/mol. The van der Waals surface area contributed by atoms with Crippen molar-refractivity contribution in [1.82, 2.24) is 9.97 Å². The van der Waals surface area contributed by atoms with Crippen LogP contribution < -0.4 is 14.2 Å². The summed E-state index contributed by atoms with van der Waals surface area (Å²) in [6.45, 7) is 7.27. The summed E-state index contributed by atoms with van der Waals surface area (Å²) in [7, 11) is 4.40. The molecule has 0 aliphatic rings. The van der Waals surface area contributed by atoms with Gasteiger partial charge in [0.1, 0.15) is 12.9 Å². The highest BCUT2D eigenvalue weighted by atomic mass is 16.6. The first-order valence-corrected chi connectivity index (χ1v) is 8.62. The fourth-order valence-corrected chi connectivity index (χ4v) is 2.45. The molecule has 1 aromatic carbocycles. The van der Waals surface area contributed by atoms with Crippen LogP contribution in [0.15, 0.2) is 29.4 Å². The van der Waals surface area contributed by atoms with Crippen molar-refractivity contribution in [3.05, 3.63) is 35.4 Å². The van der Waals surface area contributed by atoms with Gasteiger partial charge in [-0.15, -0.1) is 0 Å². The lowest BCUT2D eigenvalue weighted by molar-refractivity contribution is 0.0855. The van der Waals surface area contributed by atoms with E-state index in [0.29, 0.717) is 22.6 Å². The molecule has 150 valence electrons. The van der Waals surface area contributed by atoms with Crippen LogP contribution in [0, 0.1) is 5.41 Å². The average Bonchev–Trinajstić information content (AvgIpc) is 2.66. The van der Waals surface area contributed by atoms with Gasteiger partial charge in [0.05, 0.1) is 31.6 Å². The van der Waals surface area contributed by atoms with Crippen LogP contribution in [0.2, 0.25) is 0 Å². The molecule has 2 aromatic rings. The molecule has 0 aliphatic carbocycles. The normalized spacial score (nSPS) is 11.8. The smallest absolute Gasteiger partial charge is 0.328 e. The van der Waals surface area contributed by atoms with Crippen LogP contribution in [0.3, 0.4) is 0 Å². The molecule has 0 unspecified atom stereocenters. The second-order valence-corrected chi connectivity index (χ2v) is 6.95. The summed E-state index contributed by atoms with van der Waals surface area (Å²) >= 11 is 0. The molecule has 0 bridgehead atoms. The number of rotatable bonds is 7. The molecule has 0 N–H and O–H groups in total. The topological polar surface area (TPSA) is 92.1 Å². The largest absolute Gasteiger partial charge is 0.481 e. The van der Waals surface area contributed by atoms with E-state index >= 15 is 0 Å². The summed E-state index contributed by atoms with van der Waals surface area (Å²) in [5.74, 6) is 0.745. The Morgan fingerprint density at radius 1 is 1.04 bits per heavy atom. The Morgan fingerprint density at radius 3 is 2.14 bits per heavy atom. The van der Waals surface area contributed by atoms with Gasteiger partial charge in [-0.3, -0.25) is 4.79 Å². The van der Waals surface area contributed by atoms with Crippen molar-refractivity contribution in [2.45, 2.75) is 27.7 Å². The third-order valence-electron chi connectivity index (χ3n) is 3.83. The predicted molar refractivity (Wildman–Crippen MR) is 105 cm³/mol. The van der Waals surface area contributed by atoms with Crippen molar-refractivity contribution >= 4 is 11.5 Å². The highest BCUT2D eigenvalue weighted by Crippen LogP contribution is 2.33. The summed E-state index contributed by atoms with van der Waals surface area (Å²) < 4.78 is 16.2. The van der Waals surface area contributed by atoms with Crippen LogP contribution in [0.1, 0.15) is 43.6 Å². The molecule has 0 atom stereocenters. The standard InChI is InChI=1S/C20H25N3O5/c1-12(23-27-7)13-9-8-10-14(17(13)18(24)20(2,3)4)28-19-21-15(25-5)11-16(22-19)26-6/h8-11H,1-7H3. The Labute approximate surface area is 164 Å². The highest BCUT2D eigenvalue weighted by Gasteiger charge is 2.29. The van der Waals surface area contributed by atoms with E-state index in [1.807, 2.05) is 20.8 Å². The van der Waals surface area contributed by atoms with E-state index < -0.39 is 5.41 Å². The zero-order valence-corrected chi connectivity index (χ0v) is 17.2. The van der Waals surface area contributed by atoms with Gasteiger partial charge in [-0.25, -0.2) is 0 Å². The van der Waals surface area contributed by atoms with Crippen molar-refractivity contribution in [1.29, 1.82) is 0 Å². The van der Waals surface area contributed by atoms with Crippen molar-refractivity contribution in [2.24, 2.45) is 10.6 Å². The number of benzene rings is 1. The molecule has 0 radical (unpaired) electrons. The van der Waals surface area contributed by atoms with Crippen LogP contribution in [0.25, 0.3) is 0 Å². The van der Waals surface area contributed by atoms with E-state index in [1.165, 1.54) is 27.4 Å². The van der Waals surface area contributed by atoms with Gasteiger partial charge >= 0.3 is 6.01 Å². The number of Topliss-reactive ketones (excluding diaryl/α,β-unsaturated/α-hetero) is 1. The Kier molecular flexibility index (Phi) is 6.56. The minimum absolute atomic E-state index is 0.00218. The van der Waals surface area contributed by atoms with Gasteiger partial charge in [0.2, 0.25) is 11.8 Å². The van der Waals surface area contributed by atoms with E-state index in [0.717, 1.165) is 0 Å². The number of oxime groups is 1. The van der Waals surface area contributed by atoms with Gasteiger partial charge in [-0.1, -0.05) is 38.1 Å². The summed E-state index contributed by atoms with van der Waals surface area (Å²) in [5, 5.41) is 3.96. The van der Waals surface area contributed by atoms with Crippen molar-refractivity contribution in [3.8, 4) is 23.5 Å². The maximum absolute atomic E-state index is 13.2. The van der Waals surface area contributed by atoms with Crippen molar-refractivity contribution in [2.75, 3.05) is 21.3 Å². The number of carbonyl (C=O) groups is 1. The summed E-state index contributed by atoms with van der Waals surface area (Å²) in [5.41, 5.74) is 0.881. The van der Waals surface area contributed by atoms with Crippen LogP contribution in [0.4, 0.5) is 0 Å². The lowest BCUT2D eigenvalue weighted by Crippen LogP contribution is -2.23. The first-order valence-electron chi connectivity index (χ1n) is 8.62. The SMILES string of the molecule is CON=C(C)c1cccc(Oc2nc(OC)cc(OC)n2)c1C(=O)C(C)(C)C. The van der Waals surface area contributed by atoms with Gasteiger partial charge in [0.25, 0.3) is 0 Å². The molecule has 8 nitrogen and oxygen atoms in total. The third kappa shape index (κ3) is 4.76. The maximum Gasteiger partial charge on any atom is 0.328 e. The molecule has 0 spiro atoms. The van der Waals surface area contributed by atoms with Crippen LogP contribution >= 0.6 is 0 Å². The maximum atomic E-state index is 13.2. The van der Waals surface area contributed by atoms with E-state index in [1.54, 1.807) is 25.1 Å². The van der Waals surface area contributed by atoms with Crippen LogP contribution in [-0.4, -0.2) is 42.8 Å². The van der Waals surface area contributed by atoms with Gasteiger partial charge in [-0.2, -0.15) is 9.97 Å². The zero-order chi connectivity index (χ0) is 20.9. The number of hydrogen-bond donors (Lipinski definition) is 0. The second kappa shape index (κ2) is 8.69. The van der Waals surface area contributed by atoms with Gasteiger partial charge in [0, 0.05) is 11.0 Å². The molecule has 28 heavy (non-hydrogen) atoms. The second-order valence-electron chi connectivity index (χ2n) is 6.95. The molecule has 0 aliphatic heterocycles. The molecule has 2 rings (SSSR count). The first-order chi connectivity index (χ1) is 13.2. The Bertz CT molecular complexity index is 866. The minimum Gasteiger partial charge on any atom is -0.481 e. The number of ether oxygens (including phenoxy) is 3. The molecule has 0 saturated carbocycles. The molecule has 0 fully saturated rings. The fourth-order valence-electron chi connectivity index (χ4n) is 2.45. The number of ketones is 1. The van der Waals surface area contributed by atoms with E-state index in [9.17, 15) is 4.79 Å². The quantitative estimate of drug-likeness (QED) is 0.404. The molecule has 0 saturated heterocycles. The van der Waals surface area contributed by atoms with Gasteiger partial charge in [-0.05, 0) is 13.0 Å². The van der Waals surface area contributed by atoms with Crippen molar-refractivity contribution < 1.29 is 23.8 Å². The van der Waals surface area contributed by atoms with Crippen LogP contribution in [-0.2, 0) is 4.84 Å². The molecule has 0 amide bonds. The first kappa shape index (κ1) is 21.1. The number of nitrogens with zero attached hydrogens (tertiary/aromatic N) is 3. The molecule has 8 heteroatoms. The van der Waals surface area contributed by atoms with Crippen molar-refractivity contribution in [3.63, 3.8) is 0 Å². The van der Waals surface area contributed by atoms with Gasteiger partial charge < -0.3 is 19.0 Å². The zero-order valence-electron chi connectivity index (χ0n) is 17.2. The third-order valence-corrected chi connectivity index (χ3v) is 3.83. The minimum atomic E-state index is -0.644. The predicted octanol–water partition coefficient (Wildman–Crippen LogP) is 3.89. The summed E-state index contributed by atoms with van der Waals surface area (Å²) in [4.78, 5) is 26.4. The molecule has 1 aromatic heterocycles. The fraction of sp³-hybridized carbons (Fsp3) is 0.400. The Morgan fingerprint density at radius 2 is 1.64 bits per heavy atom. The average molecular weight is 387 g/mol. The van der Waals surface area contributed by atoms with Gasteiger partial charge in [0.15, 0.2) is 5.78 Å². The number of aromatic nitrogens is 2. The van der Waals surface area contributed by atoms with E-state index in [-0.39, 0.29) is 23.6 Å². The number of methoxy groups -OCH3 is 2. The molecular weight excluding hydrogens is 362 g/mol. The summed E-state index contributed by atoms with van der Waals surface area (Å²) in [6.07, 6.45) is 0. The lowest BCUT2D eigenvalue weighted by Gasteiger charge is -2.21.